The summed E-state index contributed by atoms with van der Waals surface area (Å²) in [6.07, 6.45) is 3.26. The predicted molar refractivity (Wildman–Crippen MR) is 56.5 cm³/mol. The Bertz CT molecular complexity index is 332. The van der Waals surface area contributed by atoms with E-state index in [9.17, 15) is 4.79 Å². The van der Waals surface area contributed by atoms with Crippen LogP contribution < -0.4 is 0 Å². The predicted octanol–water partition coefficient (Wildman–Crippen LogP) is 2.70. The number of carboxylic acid groups (broad SMARTS) is 1. The van der Waals surface area contributed by atoms with Gasteiger partial charge in [0.1, 0.15) is 10.2 Å². The van der Waals surface area contributed by atoms with Crippen molar-refractivity contribution in [3.05, 3.63) is 16.4 Å². The Morgan fingerprint density at radius 2 is 2.21 bits per heavy atom. The summed E-state index contributed by atoms with van der Waals surface area (Å²) >= 11 is 3.25. The Morgan fingerprint density at radius 3 is 2.57 bits per heavy atom. The van der Waals surface area contributed by atoms with Crippen molar-refractivity contribution in [1.29, 1.82) is 0 Å². The second-order valence-corrected chi connectivity index (χ2v) is 3.82. The molecule has 0 aliphatic rings. The third-order valence-electron chi connectivity index (χ3n) is 2.25. The van der Waals surface area contributed by atoms with Crippen LogP contribution in [0.2, 0.25) is 0 Å². The average Bonchev–Trinajstić information content (AvgIpc) is 2.51. The van der Waals surface area contributed by atoms with E-state index in [1.54, 1.807) is 4.68 Å². The third-order valence-corrected chi connectivity index (χ3v) is 3.04. The van der Waals surface area contributed by atoms with Crippen molar-refractivity contribution >= 4 is 21.9 Å². The van der Waals surface area contributed by atoms with Crippen LogP contribution in [0.25, 0.3) is 0 Å². The molecule has 5 heteroatoms. The number of nitrogens with zero attached hydrogens (tertiary/aromatic N) is 2. The Morgan fingerprint density at radius 1 is 1.64 bits per heavy atom. The molecule has 0 radical (unpaired) electrons. The van der Waals surface area contributed by atoms with Crippen molar-refractivity contribution < 1.29 is 9.90 Å². The third kappa shape index (κ3) is 1.97. The van der Waals surface area contributed by atoms with Crippen molar-refractivity contribution in [2.24, 2.45) is 0 Å². The normalized spacial score (nSPS) is 10.9. The lowest BCUT2D eigenvalue weighted by Crippen LogP contribution is -2.09. The lowest BCUT2D eigenvalue weighted by atomic mass is 10.2. The SMILES string of the molecule is CCC(CC)n1ncc(C(=O)O)c1Br. The quantitative estimate of drug-likeness (QED) is 0.906. The van der Waals surface area contributed by atoms with Crippen LogP contribution in [0.5, 0.6) is 0 Å². The lowest BCUT2D eigenvalue weighted by molar-refractivity contribution is 0.0695. The zero-order valence-electron chi connectivity index (χ0n) is 8.20. The molecular weight excluding hydrogens is 248 g/mol. The molecular formula is C9H13BrN2O2. The van der Waals surface area contributed by atoms with E-state index in [0.29, 0.717) is 4.60 Å². The van der Waals surface area contributed by atoms with Crippen LogP contribution in [0, 0.1) is 0 Å². The number of carboxylic acids is 1. The molecule has 0 amide bonds. The summed E-state index contributed by atoms with van der Waals surface area (Å²) < 4.78 is 2.28. The Hall–Kier alpha value is -0.840. The number of aromatic carboxylic acids is 1. The molecule has 0 spiro atoms. The van der Waals surface area contributed by atoms with Gasteiger partial charge in [-0.15, -0.1) is 0 Å². The number of aromatic nitrogens is 2. The van der Waals surface area contributed by atoms with Crippen LogP contribution in [0.15, 0.2) is 10.8 Å². The topological polar surface area (TPSA) is 55.1 Å². The standard InChI is InChI=1S/C9H13BrN2O2/c1-3-6(4-2)12-8(10)7(5-11-12)9(13)14/h5-6H,3-4H2,1-2H3,(H,13,14). The number of hydrogen-bond acceptors (Lipinski definition) is 2. The van der Waals surface area contributed by atoms with E-state index in [1.807, 2.05) is 0 Å². The molecule has 4 nitrogen and oxygen atoms in total. The first kappa shape index (κ1) is 11.2. The van der Waals surface area contributed by atoms with E-state index in [-0.39, 0.29) is 11.6 Å². The fourth-order valence-electron chi connectivity index (χ4n) is 1.38. The Balaban J connectivity index is 3.05. The van der Waals surface area contributed by atoms with Gasteiger partial charge < -0.3 is 5.11 Å². The summed E-state index contributed by atoms with van der Waals surface area (Å²) in [5, 5.41) is 12.9. The molecule has 0 bridgehead atoms. The van der Waals surface area contributed by atoms with E-state index in [2.05, 4.69) is 34.9 Å². The molecule has 78 valence electrons. The maximum Gasteiger partial charge on any atom is 0.340 e. The summed E-state index contributed by atoms with van der Waals surface area (Å²) in [7, 11) is 0. The largest absolute Gasteiger partial charge is 0.478 e. The van der Waals surface area contributed by atoms with Gasteiger partial charge in [-0.05, 0) is 28.8 Å². The van der Waals surface area contributed by atoms with Crippen molar-refractivity contribution in [2.45, 2.75) is 32.7 Å². The minimum atomic E-state index is -0.950. The summed E-state index contributed by atoms with van der Waals surface area (Å²) in [5.74, 6) is -0.950. The fourth-order valence-corrected chi connectivity index (χ4v) is 2.03. The molecule has 0 fully saturated rings. The molecule has 0 atom stereocenters. The molecule has 1 rings (SSSR count). The summed E-state index contributed by atoms with van der Waals surface area (Å²) in [5.41, 5.74) is 0.219. The average molecular weight is 261 g/mol. The highest BCUT2D eigenvalue weighted by Gasteiger charge is 2.17. The molecule has 14 heavy (non-hydrogen) atoms. The number of rotatable bonds is 4. The molecule has 0 saturated heterocycles. The minimum absolute atomic E-state index is 0.219. The van der Waals surface area contributed by atoms with Gasteiger partial charge in [0.05, 0.1) is 12.2 Å². The molecule has 0 aromatic carbocycles. The zero-order valence-corrected chi connectivity index (χ0v) is 9.78. The highest BCUT2D eigenvalue weighted by Crippen LogP contribution is 2.24. The van der Waals surface area contributed by atoms with E-state index >= 15 is 0 Å². The zero-order chi connectivity index (χ0) is 10.7. The summed E-state index contributed by atoms with van der Waals surface area (Å²) in [6, 6.07) is 0.262. The Labute approximate surface area is 91.1 Å². The molecule has 1 N–H and O–H groups in total. The lowest BCUT2D eigenvalue weighted by Gasteiger charge is -2.14. The summed E-state index contributed by atoms with van der Waals surface area (Å²) in [6.45, 7) is 4.12. The second-order valence-electron chi connectivity index (χ2n) is 3.07. The van der Waals surface area contributed by atoms with Crippen LogP contribution in [0.4, 0.5) is 0 Å². The highest BCUT2D eigenvalue weighted by molar-refractivity contribution is 9.10. The first-order chi connectivity index (χ1) is 6.61. The van der Waals surface area contributed by atoms with E-state index in [4.69, 9.17) is 5.11 Å². The maximum atomic E-state index is 10.8. The number of halogens is 1. The number of carbonyl (C=O) groups is 1. The van der Waals surface area contributed by atoms with Gasteiger partial charge in [-0.1, -0.05) is 13.8 Å². The minimum Gasteiger partial charge on any atom is -0.478 e. The van der Waals surface area contributed by atoms with Crippen LogP contribution in [0.1, 0.15) is 43.1 Å². The van der Waals surface area contributed by atoms with Crippen LogP contribution in [0.3, 0.4) is 0 Å². The fraction of sp³-hybridized carbons (Fsp3) is 0.556. The van der Waals surface area contributed by atoms with Gasteiger partial charge in [0.15, 0.2) is 0 Å². The van der Waals surface area contributed by atoms with Crippen molar-refractivity contribution in [1.82, 2.24) is 9.78 Å². The second kappa shape index (κ2) is 4.59. The molecule has 0 saturated carbocycles. The molecule has 0 aliphatic carbocycles. The van der Waals surface area contributed by atoms with Gasteiger partial charge in [0, 0.05) is 0 Å². The number of hydrogen-bond donors (Lipinski definition) is 1. The molecule has 1 aromatic rings. The van der Waals surface area contributed by atoms with Gasteiger partial charge in [0.2, 0.25) is 0 Å². The smallest absolute Gasteiger partial charge is 0.340 e. The van der Waals surface area contributed by atoms with Crippen molar-refractivity contribution in [3.8, 4) is 0 Å². The molecule has 1 heterocycles. The first-order valence-electron chi connectivity index (χ1n) is 4.58. The van der Waals surface area contributed by atoms with Gasteiger partial charge >= 0.3 is 5.97 Å². The maximum absolute atomic E-state index is 10.8. The molecule has 0 unspecified atom stereocenters. The van der Waals surface area contributed by atoms with E-state index in [1.165, 1.54) is 6.20 Å². The monoisotopic (exact) mass is 260 g/mol. The van der Waals surface area contributed by atoms with Gasteiger partial charge in [0.25, 0.3) is 0 Å². The van der Waals surface area contributed by atoms with E-state index < -0.39 is 5.97 Å². The van der Waals surface area contributed by atoms with Crippen LogP contribution in [-0.2, 0) is 0 Å². The molecule has 0 aliphatic heterocycles. The molecule has 1 aromatic heterocycles. The van der Waals surface area contributed by atoms with E-state index in [0.717, 1.165) is 12.8 Å². The van der Waals surface area contributed by atoms with Crippen molar-refractivity contribution in [2.75, 3.05) is 0 Å². The highest BCUT2D eigenvalue weighted by atomic mass is 79.9. The Kier molecular flexibility index (Phi) is 3.69. The van der Waals surface area contributed by atoms with Crippen molar-refractivity contribution in [3.63, 3.8) is 0 Å². The van der Waals surface area contributed by atoms with Crippen LogP contribution >= 0.6 is 15.9 Å². The summed E-state index contributed by atoms with van der Waals surface area (Å²) in [4.78, 5) is 10.8. The van der Waals surface area contributed by atoms with Gasteiger partial charge in [-0.25, -0.2) is 4.79 Å². The van der Waals surface area contributed by atoms with Crippen LogP contribution in [-0.4, -0.2) is 20.9 Å². The van der Waals surface area contributed by atoms with Gasteiger partial charge in [-0.2, -0.15) is 5.10 Å². The van der Waals surface area contributed by atoms with Gasteiger partial charge in [-0.3, -0.25) is 4.68 Å². The first-order valence-corrected chi connectivity index (χ1v) is 5.37.